The topological polar surface area (TPSA) is 75.4 Å². The molecule has 0 bridgehead atoms. The van der Waals surface area contributed by atoms with Crippen LogP contribution in [0.4, 0.5) is 4.39 Å². The SMILES string of the molecule is CC(N)CC(=O)NCc1ccc(CO)c(F)c1. The molecule has 0 heterocycles. The third-order valence-corrected chi connectivity index (χ3v) is 2.28. The first-order valence-electron chi connectivity index (χ1n) is 5.43. The lowest BCUT2D eigenvalue weighted by molar-refractivity contribution is -0.121. The summed E-state index contributed by atoms with van der Waals surface area (Å²) < 4.78 is 13.3. The average Bonchev–Trinajstić information content (AvgIpc) is 2.25. The fourth-order valence-electron chi connectivity index (χ4n) is 1.39. The molecule has 1 atom stereocenters. The summed E-state index contributed by atoms with van der Waals surface area (Å²) in [5.74, 6) is -0.627. The standard InChI is InChI=1S/C12H17FN2O2/c1-8(14)4-12(17)15-6-9-2-3-10(7-16)11(13)5-9/h2-3,5,8,16H,4,6-7,14H2,1H3,(H,15,17). The van der Waals surface area contributed by atoms with Crippen LogP contribution in [-0.2, 0) is 17.9 Å². The van der Waals surface area contributed by atoms with Crippen molar-refractivity contribution < 1.29 is 14.3 Å². The number of hydrogen-bond acceptors (Lipinski definition) is 3. The largest absolute Gasteiger partial charge is 0.392 e. The van der Waals surface area contributed by atoms with Gasteiger partial charge in [-0.2, -0.15) is 0 Å². The molecule has 5 heteroatoms. The molecule has 0 fully saturated rings. The van der Waals surface area contributed by atoms with Gasteiger partial charge in [-0.15, -0.1) is 0 Å². The van der Waals surface area contributed by atoms with Crippen LogP contribution in [0.3, 0.4) is 0 Å². The predicted molar refractivity (Wildman–Crippen MR) is 62.4 cm³/mol. The van der Waals surface area contributed by atoms with E-state index >= 15 is 0 Å². The van der Waals surface area contributed by atoms with Gasteiger partial charge in [0.15, 0.2) is 0 Å². The second-order valence-corrected chi connectivity index (χ2v) is 4.04. The van der Waals surface area contributed by atoms with Crippen molar-refractivity contribution in [2.45, 2.75) is 32.5 Å². The number of nitrogens with one attached hydrogen (secondary N) is 1. The van der Waals surface area contributed by atoms with Crippen LogP contribution in [0.2, 0.25) is 0 Å². The number of amides is 1. The Labute approximate surface area is 99.6 Å². The molecule has 1 unspecified atom stereocenters. The molecular weight excluding hydrogens is 223 g/mol. The molecule has 0 aromatic heterocycles. The minimum absolute atomic E-state index is 0.161. The van der Waals surface area contributed by atoms with E-state index < -0.39 is 5.82 Å². The monoisotopic (exact) mass is 240 g/mol. The zero-order valence-electron chi connectivity index (χ0n) is 9.74. The van der Waals surface area contributed by atoms with E-state index in [4.69, 9.17) is 10.8 Å². The summed E-state index contributed by atoms with van der Waals surface area (Å²) in [6.45, 7) is 1.67. The van der Waals surface area contributed by atoms with E-state index in [9.17, 15) is 9.18 Å². The number of hydrogen-bond donors (Lipinski definition) is 3. The second-order valence-electron chi connectivity index (χ2n) is 4.04. The highest BCUT2D eigenvalue weighted by atomic mass is 19.1. The van der Waals surface area contributed by atoms with Gasteiger partial charge in [-0.1, -0.05) is 12.1 Å². The van der Waals surface area contributed by atoms with Crippen LogP contribution in [-0.4, -0.2) is 17.1 Å². The Morgan fingerprint density at radius 3 is 2.82 bits per heavy atom. The van der Waals surface area contributed by atoms with Gasteiger partial charge in [0.05, 0.1) is 6.61 Å². The minimum atomic E-state index is -0.466. The second kappa shape index (κ2) is 6.32. The molecule has 1 aromatic carbocycles. The summed E-state index contributed by atoms with van der Waals surface area (Å²) in [6, 6.07) is 4.28. The lowest BCUT2D eigenvalue weighted by Gasteiger charge is -2.08. The third kappa shape index (κ3) is 4.50. The van der Waals surface area contributed by atoms with Crippen LogP contribution in [0.25, 0.3) is 0 Å². The van der Waals surface area contributed by atoms with Gasteiger partial charge in [0.25, 0.3) is 0 Å². The Hall–Kier alpha value is -1.46. The molecule has 4 nitrogen and oxygen atoms in total. The molecule has 0 spiro atoms. The Morgan fingerprint density at radius 2 is 2.29 bits per heavy atom. The predicted octanol–water partition coefficient (Wildman–Crippen LogP) is 0.671. The first-order chi connectivity index (χ1) is 8.02. The summed E-state index contributed by atoms with van der Waals surface area (Å²) in [5.41, 5.74) is 6.37. The third-order valence-electron chi connectivity index (χ3n) is 2.28. The van der Waals surface area contributed by atoms with E-state index in [1.165, 1.54) is 12.1 Å². The summed E-state index contributed by atoms with van der Waals surface area (Å²) in [5, 5.41) is 11.4. The molecule has 0 radical (unpaired) electrons. The summed E-state index contributed by atoms with van der Waals surface area (Å²) in [4.78, 5) is 11.3. The number of rotatable bonds is 5. The lowest BCUT2D eigenvalue weighted by Crippen LogP contribution is -2.29. The van der Waals surface area contributed by atoms with Crippen molar-refractivity contribution in [2.75, 3.05) is 0 Å². The molecule has 0 aliphatic carbocycles. The van der Waals surface area contributed by atoms with Gasteiger partial charge in [-0.25, -0.2) is 4.39 Å². The zero-order valence-corrected chi connectivity index (χ0v) is 9.74. The van der Waals surface area contributed by atoms with Crippen molar-refractivity contribution in [2.24, 2.45) is 5.73 Å². The summed E-state index contributed by atoms with van der Waals surface area (Å²) in [7, 11) is 0. The Bertz CT molecular complexity index is 394. The van der Waals surface area contributed by atoms with Gasteiger partial charge in [0, 0.05) is 24.6 Å². The van der Waals surface area contributed by atoms with Gasteiger partial charge < -0.3 is 16.2 Å². The number of benzene rings is 1. The number of halogens is 1. The van der Waals surface area contributed by atoms with Crippen LogP contribution < -0.4 is 11.1 Å². The number of nitrogens with two attached hydrogens (primary N) is 1. The van der Waals surface area contributed by atoms with E-state index in [1.54, 1.807) is 13.0 Å². The molecule has 1 aromatic rings. The molecule has 0 saturated heterocycles. The van der Waals surface area contributed by atoms with E-state index in [2.05, 4.69) is 5.32 Å². The van der Waals surface area contributed by atoms with Crippen LogP contribution in [0.15, 0.2) is 18.2 Å². The Kier molecular flexibility index (Phi) is 5.06. The van der Waals surface area contributed by atoms with Crippen molar-refractivity contribution in [1.82, 2.24) is 5.32 Å². The molecule has 17 heavy (non-hydrogen) atoms. The molecule has 0 aliphatic heterocycles. The lowest BCUT2D eigenvalue weighted by atomic mass is 10.1. The number of carbonyl (C=O) groups excluding carboxylic acids is 1. The fourth-order valence-corrected chi connectivity index (χ4v) is 1.39. The molecule has 94 valence electrons. The van der Waals surface area contributed by atoms with Crippen molar-refractivity contribution in [3.05, 3.63) is 35.1 Å². The molecule has 4 N–H and O–H groups in total. The van der Waals surface area contributed by atoms with Gasteiger partial charge >= 0.3 is 0 Å². The van der Waals surface area contributed by atoms with E-state index in [0.29, 0.717) is 5.56 Å². The van der Waals surface area contributed by atoms with Gasteiger partial charge in [0.2, 0.25) is 5.91 Å². The zero-order chi connectivity index (χ0) is 12.8. The van der Waals surface area contributed by atoms with Crippen molar-refractivity contribution >= 4 is 5.91 Å². The molecule has 0 aliphatic rings. The van der Waals surface area contributed by atoms with Crippen LogP contribution in [0.1, 0.15) is 24.5 Å². The highest BCUT2D eigenvalue weighted by Gasteiger charge is 2.06. The van der Waals surface area contributed by atoms with Crippen LogP contribution >= 0.6 is 0 Å². The average molecular weight is 240 g/mol. The van der Waals surface area contributed by atoms with Crippen molar-refractivity contribution in [1.29, 1.82) is 0 Å². The van der Waals surface area contributed by atoms with Crippen molar-refractivity contribution in [3.8, 4) is 0 Å². The Balaban J connectivity index is 2.52. The highest BCUT2D eigenvalue weighted by molar-refractivity contribution is 5.76. The normalized spacial score (nSPS) is 12.2. The van der Waals surface area contributed by atoms with E-state index in [-0.39, 0.29) is 37.1 Å². The smallest absolute Gasteiger partial charge is 0.221 e. The summed E-state index contributed by atoms with van der Waals surface area (Å²) in [6.07, 6.45) is 0.247. The van der Waals surface area contributed by atoms with Gasteiger partial charge in [0.1, 0.15) is 5.82 Å². The maximum atomic E-state index is 13.3. The first kappa shape index (κ1) is 13.6. The van der Waals surface area contributed by atoms with Crippen LogP contribution in [0.5, 0.6) is 0 Å². The van der Waals surface area contributed by atoms with Crippen molar-refractivity contribution in [3.63, 3.8) is 0 Å². The maximum Gasteiger partial charge on any atom is 0.221 e. The first-order valence-corrected chi connectivity index (χ1v) is 5.43. The Morgan fingerprint density at radius 1 is 1.59 bits per heavy atom. The number of carbonyl (C=O) groups is 1. The fraction of sp³-hybridized carbons (Fsp3) is 0.417. The quantitative estimate of drug-likeness (QED) is 0.708. The summed E-state index contributed by atoms with van der Waals surface area (Å²) >= 11 is 0. The molecule has 0 saturated carbocycles. The van der Waals surface area contributed by atoms with E-state index in [0.717, 1.165) is 0 Å². The molecular formula is C12H17FN2O2. The molecule has 1 rings (SSSR count). The minimum Gasteiger partial charge on any atom is -0.392 e. The number of aliphatic hydroxyl groups excluding tert-OH is 1. The van der Waals surface area contributed by atoms with Gasteiger partial charge in [-0.3, -0.25) is 4.79 Å². The van der Waals surface area contributed by atoms with Crippen LogP contribution in [0, 0.1) is 5.82 Å². The highest BCUT2D eigenvalue weighted by Crippen LogP contribution is 2.10. The van der Waals surface area contributed by atoms with E-state index in [1.807, 2.05) is 0 Å². The molecule has 1 amide bonds. The van der Waals surface area contributed by atoms with Gasteiger partial charge in [-0.05, 0) is 18.6 Å². The maximum absolute atomic E-state index is 13.3. The number of aliphatic hydroxyl groups is 1.